The maximum absolute atomic E-state index is 11.9. The predicted octanol–water partition coefficient (Wildman–Crippen LogP) is 4.12. The molecule has 0 atom stereocenters. The van der Waals surface area contributed by atoms with Crippen LogP contribution in [-0.2, 0) is 9.53 Å². The molecule has 2 aromatic carbocycles. The summed E-state index contributed by atoms with van der Waals surface area (Å²) >= 11 is 5.86. The lowest BCUT2D eigenvalue weighted by Gasteiger charge is -2.14. The number of ether oxygens (including phenoxy) is 1. The summed E-state index contributed by atoms with van der Waals surface area (Å²) in [4.78, 5) is 22.4. The molecule has 0 unspecified atom stereocenters. The molecule has 6 heteroatoms. The van der Waals surface area contributed by atoms with Crippen LogP contribution in [0.15, 0.2) is 59.6 Å². The molecule has 0 radical (unpaired) electrons. The van der Waals surface area contributed by atoms with Crippen molar-refractivity contribution in [3.63, 3.8) is 0 Å². The van der Waals surface area contributed by atoms with E-state index in [1.54, 1.807) is 0 Å². The number of carboxylic acid groups (broad SMARTS) is 1. The second kappa shape index (κ2) is 8.06. The minimum atomic E-state index is -0.982. The predicted molar refractivity (Wildman–Crippen MR) is 99.3 cm³/mol. The third kappa shape index (κ3) is 4.06. The van der Waals surface area contributed by atoms with Gasteiger partial charge in [-0.05, 0) is 22.3 Å². The highest BCUT2D eigenvalue weighted by atomic mass is 35.5. The highest BCUT2D eigenvalue weighted by molar-refractivity contribution is 6.30. The first-order chi connectivity index (χ1) is 12.6. The number of amides is 1. The normalized spacial score (nSPS) is 13.0. The third-order valence-electron chi connectivity index (χ3n) is 4.24. The molecule has 0 spiro atoms. The van der Waals surface area contributed by atoms with Crippen LogP contribution in [0, 0.1) is 0 Å². The molecule has 0 fully saturated rings. The molecular weight excluding hydrogens is 354 g/mol. The molecule has 2 N–H and O–H groups in total. The summed E-state index contributed by atoms with van der Waals surface area (Å²) in [6, 6.07) is 16.2. The zero-order valence-electron chi connectivity index (χ0n) is 13.9. The first-order valence-electron chi connectivity index (χ1n) is 8.21. The Hall–Kier alpha value is -2.79. The molecule has 0 heterocycles. The molecule has 26 heavy (non-hydrogen) atoms. The summed E-state index contributed by atoms with van der Waals surface area (Å²) in [5, 5.41) is 11.4. The van der Waals surface area contributed by atoms with Gasteiger partial charge in [-0.25, -0.2) is 4.79 Å². The van der Waals surface area contributed by atoms with Crippen LogP contribution in [0.5, 0.6) is 0 Å². The summed E-state index contributed by atoms with van der Waals surface area (Å²) in [6.07, 6.45) is 0.562. The maximum atomic E-state index is 11.9. The summed E-state index contributed by atoms with van der Waals surface area (Å²) < 4.78 is 5.36. The highest BCUT2D eigenvalue weighted by Crippen LogP contribution is 2.44. The van der Waals surface area contributed by atoms with Crippen molar-refractivity contribution in [3.05, 3.63) is 70.8 Å². The van der Waals surface area contributed by atoms with Gasteiger partial charge in [-0.3, -0.25) is 4.79 Å². The molecule has 0 bridgehead atoms. The fourth-order valence-corrected chi connectivity index (χ4v) is 3.22. The Balaban J connectivity index is 1.61. The lowest BCUT2D eigenvalue weighted by Crippen LogP contribution is -2.27. The molecule has 0 saturated carbocycles. The molecule has 1 amide bonds. The number of fused-ring (bicyclic) bond motifs is 3. The van der Waals surface area contributed by atoms with Crippen molar-refractivity contribution in [1.29, 1.82) is 0 Å². The van der Waals surface area contributed by atoms with Crippen molar-refractivity contribution >= 4 is 23.7 Å². The van der Waals surface area contributed by atoms with Crippen LogP contribution in [0.25, 0.3) is 11.1 Å². The smallest absolute Gasteiger partial charge is 0.407 e. The fraction of sp³-hybridized carbons (Fsp3) is 0.200. The number of carboxylic acids is 1. The van der Waals surface area contributed by atoms with E-state index in [2.05, 4.69) is 17.4 Å². The minimum Gasteiger partial charge on any atom is -0.481 e. The number of rotatable bonds is 6. The monoisotopic (exact) mass is 371 g/mol. The number of halogens is 1. The van der Waals surface area contributed by atoms with E-state index in [9.17, 15) is 9.59 Å². The van der Waals surface area contributed by atoms with Crippen LogP contribution in [-0.4, -0.2) is 30.3 Å². The molecule has 0 saturated heterocycles. The van der Waals surface area contributed by atoms with Crippen LogP contribution in [0.3, 0.4) is 0 Å². The minimum absolute atomic E-state index is 0.00817. The van der Waals surface area contributed by atoms with Gasteiger partial charge in [0, 0.05) is 11.0 Å². The number of alkyl carbamates (subject to hydrolysis) is 1. The number of hydrogen-bond acceptors (Lipinski definition) is 3. The molecule has 5 nitrogen and oxygen atoms in total. The van der Waals surface area contributed by atoms with Crippen LogP contribution < -0.4 is 5.32 Å². The lowest BCUT2D eigenvalue weighted by atomic mass is 9.98. The van der Waals surface area contributed by atoms with Crippen molar-refractivity contribution in [2.75, 3.05) is 13.2 Å². The second-order valence-corrected chi connectivity index (χ2v) is 6.41. The largest absolute Gasteiger partial charge is 0.481 e. The average molecular weight is 372 g/mol. The summed E-state index contributed by atoms with van der Waals surface area (Å²) in [5.74, 6) is -0.990. The van der Waals surface area contributed by atoms with E-state index < -0.39 is 12.1 Å². The fourth-order valence-electron chi connectivity index (χ4n) is 3.08. The number of nitrogens with one attached hydrogen (secondary N) is 1. The lowest BCUT2D eigenvalue weighted by molar-refractivity contribution is -0.136. The molecular formula is C20H18ClNO4. The number of carbonyl (C=O) groups excluding carboxylic acids is 1. The zero-order valence-corrected chi connectivity index (χ0v) is 14.7. The van der Waals surface area contributed by atoms with Crippen molar-refractivity contribution in [2.45, 2.75) is 12.3 Å². The summed E-state index contributed by atoms with van der Waals surface area (Å²) in [5.41, 5.74) is 4.61. The number of carbonyl (C=O) groups is 2. The van der Waals surface area contributed by atoms with Gasteiger partial charge in [-0.2, -0.15) is 0 Å². The van der Waals surface area contributed by atoms with E-state index in [0.717, 1.165) is 22.3 Å². The van der Waals surface area contributed by atoms with Gasteiger partial charge in [-0.1, -0.05) is 66.2 Å². The second-order valence-electron chi connectivity index (χ2n) is 5.93. The Morgan fingerprint density at radius 1 is 1.08 bits per heavy atom. The maximum Gasteiger partial charge on any atom is 0.407 e. The first kappa shape index (κ1) is 18.0. The van der Waals surface area contributed by atoms with Gasteiger partial charge in [0.05, 0.1) is 13.0 Å². The SMILES string of the molecule is O=C(O)C/C=C(\Cl)CNC(=O)OCC1c2ccccc2-c2ccccc21. The Morgan fingerprint density at radius 3 is 2.23 bits per heavy atom. The van der Waals surface area contributed by atoms with E-state index >= 15 is 0 Å². The van der Waals surface area contributed by atoms with Gasteiger partial charge in [0.2, 0.25) is 0 Å². The first-order valence-corrected chi connectivity index (χ1v) is 8.59. The average Bonchev–Trinajstić information content (AvgIpc) is 2.97. The molecule has 3 rings (SSSR count). The molecule has 1 aliphatic rings. The van der Waals surface area contributed by atoms with Crippen molar-refractivity contribution in [1.82, 2.24) is 5.32 Å². The third-order valence-corrected chi connectivity index (χ3v) is 4.53. The number of hydrogen-bond donors (Lipinski definition) is 2. The van der Waals surface area contributed by atoms with Crippen molar-refractivity contribution in [3.8, 4) is 11.1 Å². The quantitative estimate of drug-likeness (QED) is 0.800. The Labute approximate surface area is 156 Å². The molecule has 2 aromatic rings. The molecule has 0 aromatic heterocycles. The highest BCUT2D eigenvalue weighted by Gasteiger charge is 2.28. The van der Waals surface area contributed by atoms with Gasteiger partial charge in [0.25, 0.3) is 0 Å². The van der Waals surface area contributed by atoms with E-state index in [-0.39, 0.29) is 30.5 Å². The Kier molecular flexibility index (Phi) is 5.58. The topological polar surface area (TPSA) is 75.6 Å². The van der Waals surface area contributed by atoms with Gasteiger partial charge in [0.1, 0.15) is 6.61 Å². The summed E-state index contributed by atoms with van der Waals surface area (Å²) in [7, 11) is 0. The Morgan fingerprint density at radius 2 is 1.65 bits per heavy atom. The number of aliphatic carboxylic acids is 1. The van der Waals surface area contributed by atoms with Gasteiger partial charge >= 0.3 is 12.1 Å². The van der Waals surface area contributed by atoms with E-state index in [1.807, 2.05) is 36.4 Å². The van der Waals surface area contributed by atoms with Gasteiger partial charge < -0.3 is 15.2 Å². The van der Waals surface area contributed by atoms with Crippen LogP contribution >= 0.6 is 11.6 Å². The van der Waals surface area contributed by atoms with E-state index in [0.29, 0.717) is 0 Å². The van der Waals surface area contributed by atoms with Crippen LogP contribution in [0.2, 0.25) is 0 Å². The van der Waals surface area contributed by atoms with Crippen LogP contribution in [0.1, 0.15) is 23.5 Å². The number of benzene rings is 2. The molecule has 134 valence electrons. The van der Waals surface area contributed by atoms with Crippen molar-refractivity contribution < 1.29 is 19.4 Å². The zero-order chi connectivity index (χ0) is 18.5. The van der Waals surface area contributed by atoms with Crippen LogP contribution in [0.4, 0.5) is 4.79 Å². The molecule has 0 aliphatic heterocycles. The van der Waals surface area contributed by atoms with E-state index in [4.69, 9.17) is 21.4 Å². The van der Waals surface area contributed by atoms with Gasteiger partial charge in [-0.15, -0.1) is 0 Å². The van der Waals surface area contributed by atoms with Gasteiger partial charge in [0.15, 0.2) is 0 Å². The van der Waals surface area contributed by atoms with Crippen molar-refractivity contribution in [2.24, 2.45) is 0 Å². The standard InChI is InChI=1S/C20H18ClNO4/c21-13(9-10-19(23)24)11-22-20(25)26-12-18-16-7-3-1-5-14(16)15-6-2-4-8-17(15)18/h1-9,18H,10-12H2,(H,22,25)(H,23,24)/b13-9-. The molecule has 1 aliphatic carbocycles. The van der Waals surface area contributed by atoms with E-state index in [1.165, 1.54) is 6.08 Å². The Bertz CT molecular complexity index is 817. The summed E-state index contributed by atoms with van der Waals surface area (Å²) in [6.45, 7) is 0.252.